The molecule has 0 bridgehead atoms. The number of para-hydroxylation sites is 2. The molecule has 0 amide bonds. The monoisotopic (exact) mass is 442 g/mol. The number of fused-ring (bicyclic) bond motifs is 2. The van der Waals surface area contributed by atoms with Gasteiger partial charge in [-0.1, -0.05) is 36.4 Å². The Morgan fingerprint density at radius 1 is 1.06 bits per heavy atom. The summed E-state index contributed by atoms with van der Waals surface area (Å²) in [5.74, 6) is 0.0736. The van der Waals surface area contributed by atoms with Gasteiger partial charge in [0.25, 0.3) is 5.56 Å². The van der Waals surface area contributed by atoms with Gasteiger partial charge in [-0.2, -0.15) is 5.10 Å². The van der Waals surface area contributed by atoms with Gasteiger partial charge in [-0.25, -0.2) is 9.89 Å². The first-order valence-corrected chi connectivity index (χ1v) is 10.5. The van der Waals surface area contributed by atoms with Crippen molar-refractivity contribution >= 4 is 16.9 Å². The van der Waals surface area contributed by atoms with Gasteiger partial charge in [-0.05, 0) is 17.7 Å². The molecule has 2 aliphatic rings. The lowest BCUT2D eigenvalue weighted by Gasteiger charge is -2.22. The second-order valence-electron chi connectivity index (χ2n) is 7.76. The molecular formula is C25H22N4O4. The Hall–Kier alpha value is -4.33. The molecule has 166 valence electrons. The van der Waals surface area contributed by atoms with Crippen molar-refractivity contribution < 1.29 is 14.3 Å². The number of aromatic amines is 2. The van der Waals surface area contributed by atoms with E-state index in [1.54, 1.807) is 19.5 Å². The predicted molar refractivity (Wildman–Crippen MR) is 124 cm³/mol. The zero-order valence-electron chi connectivity index (χ0n) is 18.2. The topological polar surface area (TPSA) is 102 Å². The molecule has 0 radical (unpaired) electrons. The second kappa shape index (κ2) is 8.31. The number of hydrogen-bond acceptors (Lipinski definition) is 5. The molecule has 2 aliphatic heterocycles. The Morgan fingerprint density at radius 3 is 2.67 bits per heavy atom. The Labute approximate surface area is 189 Å². The number of nitrogens with zero attached hydrogens (tertiary/aromatic N) is 2. The van der Waals surface area contributed by atoms with Gasteiger partial charge in [0.2, 0.25) is 0 Å². The average molecular weight is 442 g/mol. The molecule has 0 spiro atoms. The first kappa shape index (κ1) is 20.6. The van der Waals surface area contributed by atoms with Crippen molar-refractivity contribution in [3.05, 3.63) is 94.2 Å². The quantitative estimate of drug-likeness (QED) is 0.390. The van der Waals surface area contributed by atoms with E-state index in [1.807, 2.05) is 53.2 Å². The van der Waals surface area contributed by atoms with Crippen LogP contribution >= 0.6 is 0 Å². The summed E-state index contributed by atoms with van der Waals surface area (Å²) in [4.78, 5) is 28.1. The minimum absolute atomic E-state index is 0.132. The normalized spacial score (nSPS) is 12.2. The zero-order valence-corrected chi connectivity index (χ0v) is 18.2. The SMILES string of the molecule is COC(=O)c1cn(C[C@H](c2ccccc2OC)c2c[nH]c3ccccc23)cc2c(=O)[nH]nc1-2. The van der Waals surface area contributed by atoms with Crippen molar-refractivity contribution in [2.24, 2.45) is 0 Å². The maximum atomic E-state index is 12.4. The van der Waals surface area contributed by atoms with Crippen LogP contribution in [-0.2, 0) is 11.3 Å². The van der Waals surface area contributed by atoms with E-state index in [2.05, 4.69) is 21.2 Å². The Morgan fingerprint density at radius 2 is 1.85 bits per heavy atom. The fraction of sp³-hybridized carbons (Fsp3) is 0.160. The Balaban J connectivity index is 1.70. The van der Waals surface area contributed by atoms with Crippen molar-refractivity contribution in [3.63, 3.8) is 0 Å². The first-order valence-electron chi connectivity index (χ1n) is 10.5. The summed E-state index contributed by atoms with van der Waals surface area (Å²) in [5.41, 5.74) is 3.60. The number of H-pyrrole nitrogens is 2. The third-order valence-corrected chi connectivity index (χ3v) is 5.92. The maximum absolute atomic E-state index is 12.4. The van der Waals surface area contributed by atoms with E-state index in [0.29, 0.717) is 17.8 Å². The molecule has 3 aromatic rings. The highest BCUT2D eigenvalue weighted by molar-refractivity contribution is 5.96. The van der Waals surface area contributed by atoms with E-state index >= 15 is 0 Å². The van der Waals surface area contributed by atoms with E-state index in [9.17, 15) is 9.59 Å². The molecule has 8 heteroatoms. The molecule has 0 saturated carbocycles. The van der Waals surface area contributed by atoms with E-state index in [1.165, 1.54) is 7.11 Å². The third kappa shape index (κ3) is 3.55. The fourth-order valence-corrected chi connectivity index (χ4v) is 4.37. The van der Waals surface area contributed by atoms with Crippen LogP contribution in [0.5, 0.6) is 5.75 Å². The molecule has 2 N–H and O–H groups in total. The molecule has 0 unspecified atom stereocenters. The van der Waals surface area contributed by atoms with Gasteiger partial charge >= 0.3 is 5.97 Å². The molecule has 0 saturated heterocycles. The smallest absolute Gasteiger partial charge is 0.341 e. The minimum atomic E-state index is -0.554. The number of nitrogens with one attached hydrogen (secondary N) is 2. The zero-order chi connectivity index (χ0) is 22.9. The Kier molecular flexibility index (Phi) is 5.18. The molecule has 0 fully saturated rings. The van der Waals surface area contributed by atoms with Crippen molar-refractivity contribution in [1.29, 1.82) is 0 Å². The molecule has 1 aromatic heterocycles. The van der Waals surface area contributed by atoms with Crippen LogP contribution in [-0.4, -0.2) is 39.9 Å². The summed E-state index contributed by atoms with van der Waals surface area (Å²) in [5, 5.41) is 7.53. The molecule has 33 heavy (non-hydrogen) atoms. The van der Waals surface area contributed by atoms with E-state index in [4.69, 9.17) is 9.47 Å². The van der Waals surface area contributed by atoms with Crippen molar-refractivity contribution in [1.82, 2.24) is 19.7 Å². The van der Waals surface area contributed by atoms with Gasteiger partial charge in [-0.3, -0.25) is 4.79 Å². The summed E-state index contributed by atoms with van der Waals surface area (Å²) >= 11 is 0. The summed E-state index contributed by atoms with van der Waals surface area (Å²) in [6, 6.07) is 15.9. The molecule has 8 nitrogen and oxygen atoms in total. The summed E-state index contributed by atoms with van der Waals surface area (Å²) < 4.78 is 12.4. The van der Waals surface area contributed by atoms with Gasteiger partial charge in [-0.15, -0.1) is 0 Å². The van der Waals surface area contributed by atoms with Crippen LogP contribution in [0.1, 0.15) is 27.4 Å². The van der Waals surface area contributed by atoms with Gasteiger partial charge < -0.3 is 19.0 Å². The Bertz CT molecular complexity index is 1480. The second-order valence-corrected chi connectivity index (χ2v) is 7.76. The van der Waals surface area contributed by atoms with Gasteiger partial charge in [0.15, 0.2) is 0 Å². The van der Waals surface area contributed by atoms with E-state index in [0.717, 1.165) is 27.8 Å². The highest BCUT2D eigenvalue weighted by Crippen LogP contribution is 2.37. The number of esters is 1. The van der Waals surface area contributed by atoms with Crippen LogP contribution in [0.2, 0.25) is 0 Å². The number of rotatable bonds is 6. The first-order chi connectivity index (χ1) is 16.1. The van der Waals surface area contributed by atoms with Crippen LogP contribution < -0.4 is 10.3 Å². The molecule has 3 heterocycles. The number of aromatic nitrogens is 4. The molecule has 2 aromatic carbocycles. The van der Waals surface area contributed by atoms with Crippen molar-refractivity contribution in [2.75, 3.05) is 14.2 Å². The number of methoxy groups -OCH3 is 2. The lowest BCUT2D eigenvalue weighted by atomic mass is 9.90. The highest BCUT2D eigenvalue weighted by Gasteiger charge is 2.25. The summed E-state index contributed by atoms with van der Waals surface area (Å²) in [6.45, 7) is 0.451. The third-order valence-electron chi connectivity index (χ3n) is 5.92. The van der Waals surface area contributed by atoms with Gasteiger partial charge in [0.05, 0.1) is 19.8 Å². The number of ether oxygens (including phenoxy) is 2. The van der Waals surface area contributed by atoms with Crippen LogP contribution in [0.3, 0.4) is 0 Å². The lowest BCUT2D eigenvalue weighted by molar-refractivity contribution is 0.0600. The molecule has 0 aliphatic carbocycles. The summed E-state index contributed by atoms with van der Waals surface area (Å²) in [6.07, 6.45) is 5.38. The molecule has 1 atom stereocenters. The molecule has 5 rings (SSSR count). The standard InChI is InChI=1S/C25H22N4O4/c1-32-22-10-6-4-8-16(22)18(17-11-26-21-9-5-3-7-15(17)21)12-29-13-19-23(27-28-24(19)30)20(14-29)25(31)33-2/h3-11,13-14,18,26H,12H2,1-2H3,(H,28,30)/t18-/m1/s1. The van der Waals surface area contributed by atoms with Crippen LogP contribution in [0.4, 0.5) is 0 Å². The number of carbonyl (C=O) groups is 1. The van der Waals surface area contributed by atoms with Gasteiger partial charge in [0, 0.05) is 47.5 Å². The number of carbonyl (C=O) groups excluding carboxylic acids is 1. The lowest BCUT2D eigenvalue weighted by Crippen LogP contribution is -2.16. The van der Waals surface area contributed by atoms with E-state index < -0.39 is 5.97 Å². The average Bonchev–Trinajstić information content (AvgIpc) is 3.45. The van der Waals surface area contributed by atoms with Crippen molar-refractivity contribution in [2.45, 2.75) is 12.5 Å². The minimum Gasteiger partial charge on any atom is -0.496 e. The van der Waals surface area contributed by atoms with E-state index in [-0.39, 0.29) is 17.0 Å². The largest absolute Gasteiger partial charge is 0.496 e. The number of benzene rings is 2. The van der Waals surface area contributed by atoms with Crippen LogP contribution in [0.15, 0.2) is 71.9 Å². The molecular weight excluding hydrogens is 420 g/mol. The number of hydrogen-bond donors (Lipinski definition) is 2. The van der Waals surface area contributed by atoms with Crippen molar-refractivity contribution in [3.8, 4) is 17.0 Å². The maximum Gasteiger partial charge on any atom is 0.341 e. The van der Waals surface area contributed by atoms with Crippen LogP contribution in [0.25, 0.3) is 22.2 Å². The highest BCUT2D eigenvalue weighted by atomic mass is 16.5. The number of pyridine rings is 1. The summed E-state index contributed by atoms with van der Waals surface area (Å²) in [7, 11) is 2.95. The van der Waals surface area contributed by atoms with Gasteiger partial charge in [0.1, 0.15) is 17.0 Å². The fourth-order valence-electron chi connectivity index (χ4n) is 4.37. The van der Waals surface area contributed by atoms with Crippen LogP contribution in [0, 0.1) is 0 Å². The predicted octanol–water partition coefficient (Wildman–Crippen LogP) is 3.78.